The van der Waals surface area contributed by atoms with Gasteiger partial charge < -0.3 is 19.5 Å². The zero-order valence-corrected chi connectivity index (χ0v) is 17.5. The molecule has 2 atom stereocenters. The molecule has 1 aliphatic rings. The predicted octanol–water partition coefficient (Wildman–Crippen LogP) is 4.56. The maximum atomic E-state index is 6.40. The second-order valence-corrected chi connectivity index (χ2v) is 7.63. The van der Waals surface area contributed by atoms with Crippen molar-refractivity contribution in [3.8, 4) is 28.4 Å². The number of hydrogen-bond acceptors (Lipinski definition) is 5. The van der Waals surface area contributed by atoms with Crippen molar-refractivity contribution in [1.82, 2.24) is 14.9 Å². The minimum absolute atomic E-state index is 0.00262. The Hall–Kier alpha value is -2.86. The van der Waals surface area contributed by atoms with Crippen LogP contribution in [-0.2, 0) is 0 Å². The van der Waals surface area contributed by atoms with E-state index in [0.29, 0.717) is 28.2 Å². The van der Waals surface area contributed by atoms with Crippen LogP contribution in [0.15, 0.2) is 48.9 Å². The van der Waals surface area contributed by atoms with Crippen molar-refractivity contribution in [1.29, 1.82) is 0 Å². The Morgan fingerprint density at radius 1 is 1.17 bits per heavy atom. The quantitative estimate of drug-likeness (QED) is 0.641. The molecule has 1 N–H and O–H groups in total. The number of halogens is 1. The second-order valence-electron chi connectivity index (χ2n) is 7.22. The highest BCUT2D eigenvalue weighted by atomic mass is 35.5. The minimum atomic E-state index is -0.00262. The lowest BCUT2D eigenvalue weighted by molar-refractivity contribution is 0.163. The smallest absolute Gasteiger partial charge is 0.161 e. The molecule has 0 amide bonds. The summed E-state index contributed by atoms with van der Waals surface area (Å²) in [5.74, 6) is 2.40. The molecule has 29 heavy (non-hydrogen) atoms. The van der Waals surface area contributed by atoms with E-state index in [2.05, 4.69) is 23.9 Å². The van der Waals surface area contributed by atoms with E-state index in [4.69, 9.17) is 25.8 Å². The van der Waals surface area contributed by atoms with Gasteiger partial charge in [0.2, 0.25) is 0 Å². The van der Waals surface area contributed by atoms with Crippen LogP contribution in [0.5, 0.6) is 17.2 Å². The Kier molecular flexibility index (Phi) is 5.28. The number of benzene rings is 1. The maximum absolute atomic E-state index is 6.40. The zero-order valence-electron chi connectivity index (χ0n) is 16.7. The third-order valence-corrected chi connectivity index (χ3v) is 5.63. The Morgan fingerprint density at radius 2 is 1.93 bits per heavy atom. The molecule has 152 valence electrons. The molecule has 0 spiro atoms. The van der Waals surface area contributed by atoms with Crippen LogP contribution in [0.1, 0.15) is 13.3 Å². The molecule has 0 radical (unpaired) electrons. The van der Waals surface area contributed by atoms with Crippen LogP contribution in [0.2, 0.25) is 5.02 Å². The number of pyridine rings is 1. The molecule has 7 heteroatoms. The summed E-state index contributed by atoms with van der Waals surface area (Å²) in [6.45, 7) is 6.95. The highest BCUT2D eigenvalue weighted by Gasteiger charge is 2.26. The van der Waals surface area contributed by atoms with Crippen molar-refractivity contribution in [2.24, 2.45) is 5.92 Å². The first kappa shape index (κ1) is 19.5. The third kappa shape index (κ3) is 3.72. The molecule has 1 aromatic carbocycles. The monoisotopic (exact) mass is 413 g/mol. The number of hydrogen-bond donors (Lipinski definition) is 1. The van der Waals surface area contributed by atoms with Gasteiger partial charge in [-0.15, -0.1) is 0 Å². The van der Waals surface area contributed by atoms with Gasteiger partial charge in [0.15, 0.2) is 11.5 Å². The number of nitrogens with zero attached hydrogens (tertiary/aromatic N) is 2. The van der Waals surface area contributed by atoms with Crippen LogP contribution in [0.3, 0.4) is 0 Å². The Morgan fingerprint density at radius 3 is 2.62 bits per heavy atom. The summed E-state index contributed by atoms with van der Waals surface area (Å²) in [6.07, 6.45) is 4.46. The normalized spacial score (nSPS) is 17.2. The first-order chi connectivity index (χ1) is 14.0. The van der Waals surface area contributed by atoms with Crippen molar-refractivity contribution in [3.05, 3.63) is 54.0 Å². The lowest BCUT2D eigenvalue weighted by Crippen LogP contribution is -2.25. The van der Waals surface area contributed by atoms with Gasteiger partial charge in [-0.05, 0) is 37.1 Å². The predicted molar refractivity (Wildman–Crippen MR) is 114 cm³/mol. The molecule has 3 aromatic rings. The van der Waals surface area contributed by atoms with Gasteiger partial charge in [-0.1, -0.05) is 24.2 Å². The lowest BCUT2D eigenvalue weighted by atomic mass is 10.0. The van der Waals surface area contributed by atoms with Gasteiger partial charge in [-0.25, -0.2) is 4.52 Å². The standard InChI is InChI=1S/C22H24ClN3O3/c1-13-7-16(10-24-13)14(2)29-21-9-17(12-26-22(21)18(23)11-25-26)15-5-6-19(27-3)20(8-15)28-4/h5-6,8-9,11-12,14,16,24H,1,7,10H2,2-4H3/t14-,16-/m1/s1. The van der Waals surface area contributed by atoms with Crippen molar-refractivity contribution < 1.29 is 14.2 Å². The van der Waals surface area contributed by atoms with Crippen LogP contribution < -0.4 is 19.5 Å². The van der Waals surface area contributed by atoms with Crippen molar-refractivity contribution in [3.63, 3.8) is 0 Å². The summed E-state index contributed by atoms with van der Waals surface area (Å²) in [4.78, 5) is 0. The largest absolute Gasteiger partial charge is 0.493 e. The molecule has 1 saturated heterocycles. The molecular weight excluding hydrogens is 390 g/mol. The number of nitrogens with one attached hydrogen (secondary N) is 1. The van der Waals surface area contributed by atoms with Crippen LogP contribution in [0.4, 0.5) is 0 Å². The molecule has 4 rings (SSSR count). The first-order valence-electron chi connectivity index (χ1n) is 9.47. The molecular formula is C22H24ClN3O3. The summed E-state index contributed by atoms with van der Waals surface area (Å²) in [7, 11) is 3.24. The van der Waals surface area contributed by atoms with E-state index >= 15 is 0 Å². The topological polar surface area (TPSA) is 57.0 Å². The van der Waals surface area contributed by atoms with Crippen LogP contribution >= 0.6 is 11.6 Å². The molecule has 0 aliphatic carbocycles. The highest BCUT2D eigenvalue weighted by molar-refractivity contribution is 6.34. The van der Waals surface area contributed by atoms with Crippen molar-refractivity contribution in [2.45, 2.75) is 19.4 Å². The molecule has 6 nitrogen and oxygen atoms in total. The fourth-order valence-electron chi connectivity index (χ4n) is 3.68. The van der Waals surface area contributed by atoms with E-state index in [1.165, 1.54) is 0 Å². The molecule has 3 heterocycles. The number of allylic oxidation sites excluding steroid dienone is 1. The summed E-state index contributed by atoms with van der Waals surface area (Å²) in [5, 5.41) is 8.23. The fourth-order valence-corrected chi connectivity index (χ4v) is 3.90. The van der Waals surface area contributed by atoms with Gasteiger partial charge in [0, 0.05) is 29.9 Å². The summed E-state index contributed by atoms with van der Waals surface area (Å²) < 4.78 is 18.9. The SMILES string of the molecule is C=C1C[C@@H]([C@@H](C)Oc2cc(-c3ccc(OC)c(OC)c3)cn3ncc(Cl)c23)CN1. The van der Waals surface area contributed by atoms with Crippen molar-refractivity contribution in [2.75, 3.05) is 20.8 Å². The Labute approximate surface area is 175 Å². The molecule has 1 aliphatic heterocycles. The average molecular weight is 414 g/mol. The third-order valence-electron chi connectivity index (χ3n) is 5.35. The Balaban J connectivity index is 1.74. The van der Waals surface area contributed by atoms with E-state index in [0.717, 1.165) is 35.3 Å². The fraction of sp³-hybridized carbons (Fsp3) is 0.318. The minimum Gasteiger partial charge on any atom is -0.493 e. The van der Waals surface area contributed by atoms with E-state index < -0.39 is 0 Å². The summed E-state index contributed by atoms with van der Waals surface area (Å²) in [5.41, 5.74) is 3.71. The maximum Gasteiger partial charge on any atom is 0.161 e. The van der Waals surface area contributed by atoms with Gasteiger partial charge in [-0.3, -0.25) is 0 Å². The van der Waals surface area contributed by atoms with E-state index in [1.54, 1.807) is 24.9 Å². The Bertz CT molecular complexity index is 1060. The lowest BCUT2D eigenvalue weighted by Gasteiger charge is -2.21. The van der Waals surface area contributed by atoms with E-state index in [-0.39, 0.29) is 6.10 Å². The number of methoxy groups -OCH3 is 2. The first-order valence-corrected chi connectivity index (χ1v) is 9.85. The number of ether oxygens (including phenoxy) is 3. The number of aromatic nitrogens is 2. The second kappa shape index (κ2) is 7.87. The van der Waals surface area contributed by atoms with E-state index in [9.17, 15) is 0 Å². The van der Waals surface area contributed by atoms with Crippen LogP contribution in [0, 0.1) is 5.92 Å². The average Bonchev–Trinajstić information content (AvgIpc) is 3.33. The molecule has 0 bridgehead atoms. The van der Waals surface area contributed by atoms with Crippen LogP contribution in [-0.4, -0.2) is 36.5 Å². The highest BCUT2D eigenvalue weighted by Crippen LogP contribution is 2.37. The van der Waals surface area contributed by atoms with E-state index in [1.807, 2.05) is 30.5 Å². The van der Waals surface area contributed by atoms with Crippen molar-refractivity contribution >= 4 is 17.1 Å². The summed E-state index contributed by atoms with van der Waals surface area (Å²) in [6, 6.07) is 7.79. The van der Waals surface area contributed by atoms with Crippen LogP contribution in [0.25, 0.3) is 16.6 Å². The van der Waals surface area contributed by atoms with Gasteiger partial charge in [0.05, 0.1) is 25.4 Å². The summed E-state index contributed by atoms with van der Waals surface area (Å²) >= 11 is 6.40. The molecule has 0 unspecified atom stereocenters. The van der Waals surface area contributed by atoms with Gasteiger partial charge in [-0.2, -0.15) is 5.10 Å². The zero-order chi connectivity index (χ0) is 20.5. The molecule has 0 saturated carbocycles. The van der Waals surface area contributed by atoms with Gasteiger partial charge in [0.1, 0.15) is 17.4 Å². The molecule has 1 fully saturated rings. The van der Waals surface area contributed by atoms with Gasteiger partial charge in [0.25, 0.3) is 0 Å². The number of fused-ring (bicyclic) bond motifs is 1. The molecule has 2 aromatic heterocycles. The van der Waals surface area contributed by atoms with Gasteiger partial charge >= 0.3 is 0 Å². The number of rotatable bonds is 6.